The van der Waals surface area contributed by atoms with Gasteiger partial charge in [0.25, 0.3) is 11.6 Å². The fraction of sp³-hybridized carbons (Fsp3) is 0.893. The van der Waals surface area contributed by atoms with E-state index < -0.39 is 278 Å². The minimum atomic E-state index is -3.48. The molecular weight excluding hydrogens is 1370 g/mol. The molecule has 43 heteroatoms. The molecule has 574 valence electrons. The van der Waals surface area contributed by atoms with Gasteiger partial charge in [0.05, 0.1) is 82.2 Å². The molecule has 30 atom stereocenters. The van der Waals surface area contributed by atoms with Gasteiger partial charge in [-0.1, -0.05) is 0 Å². The highest BCUT2D eigenvalue weighted by Crippen LogP contribution is 2.42. The minimum absolute atomic E-state index is 0.0361. The number of carbonyl (C=O) groups excluding carboxylic acids is 4. The molecular formula is C56H97N5O37S. The molecule has 0 aromatic heterocycles. The normalized spacial score (nSPS) is 37.3. The maximum atomic E-state index is 14.2. The van der Waals surface area contributed by atoms with Crippen molar-refractivity contribution in [1.29, 1.82) is 0 Å². The summed E-state index contributed by atoms with van der Waals surface area (Å²) >= 11 is 4.08. The molecule has 5 heterocycles. The Morgan fingerprint density at radius 3 is 1.74 bits per heavy atom. The van der Waals surface area contributed by atoms with E-state index >= 15 is 0 Å². The third-order valence-electron chi connectivity index (χ3n) is 17.0. The minimum Gasteiger partial charge on any atom is -0.477 e. The van der Waals surface area contributed by atoms with E-state index in [1.165, 1.54) is 7.05 Å². The smallest absolute Gasteiger partial charge is 0.364 e. The maximum Gasteiger partial charge on any atom is 0.364 e. The van der Waals surface area contributed by atoms with Crippen LogP contribution >= 0.6 is 12.6 Å². The number of ether oxygens (including phenoxy) is 11. The molecule has 5 rings (SSSR count). The highest BCUT2D eigenvalue weighted by molar-refractivity contribution is 7.80. The molecule has 23 N–H and O–H groups in total. The summed E-state index contributed by atoms with van der Waals surface area (Å²) in [6.07, 6.45) is -56.5. The van der Waals surface area contributed by atoms with Gasteiger partial charge >= 0.3 is 11.9 Å². The van der Waals surface area contributed by atoms with Crippen molar-refractivity contribution in [2.45, 2.75) is 242 Å². The molecule has 4 amide bonds. The number of hydroxylamine groups is 2. The highest BCUT2D eigenvalue weighted by Gasteiger charge is 2.62. The molecule has 0 saturated carbocycles. The number of carboxylic acids is 2. The Morgan fingerprint density at radius 2 is 1.18 bits per heavy atom. The Hall–Kier alpha value is -4.03. The fourth-order valence-corrected chi connectivity index (χ4v) is 12.2. The molecule has 0 spiro atoms. The van der Waals surface area contributed by atoms with Crippen LogP contribution in [0.25, 0.3) is 0 Å². The number of carbonyl (C=O) groups is 6. The summed E-state index contributed by atoms with van der Waals surface area (Å²) < 4.78 is 65.2. The molecule has 0 aromatic rings. The van der Waals surface area contributed by atoms with E-state index in [0.29, 0.717) is 12.2 Å². The van der Waals surface area contributed by atoms with Crippen LogP contribution in [0, 0.1) is 0 Å². The Kier molecular flexibility index (Phi) is 33.9. The van der Waals surface area contributed by atoms with Crippen LogP contribution in [0.15, 0.2) is 0 Å². The summed E-state index contributed by atoms with van der Waals surface area (Å²) in [7, 11) is 2.36. The van der Waals surface area contributed by atoms with Crippen molar-refractivity contribution in [2.75, 3.05) is 72.7 Å². The number of nitrogens with zero attached hydrogens (tertiary/aromatic N) is 1. The first-order valence-electron chi connectivity index (χ1n) is 31.5. The predicted octanol–water partition coefficient (Wildman–Crippen LogP) is -12.9. The Bertz CT molecular complexity index is 2550. The topological polar surface area (TPSA) is 649 Å². The number of rotatable bonds is 38. The number of aliphatic carboxylic acids is 2. The summed E-state index contributed by atoms with van der Waals surface area (Å²) in [5.41, 5.74) is 0. The average molecular weight is 1460 g/mol. The van der Waals surface area contributed by atoms with Gasteiger partial charge in [0.2, 0.25) is 23.6 Å². The highest BCUT2D eigenvalue weighted by atomic mass is 32.1. The van der Waals surface area contributed by atoms with Crippen LogP contribution in [0.3, 0.4) is 0 Å². The summed E-state index contributed by atoms with van der Waals surface area (Å²) in [6, 6.07) is -5.51. The molecule has 5 saturated heterocycles. The predicted molar refractivity (Wildman–Crippen MR) is 321 cm³/mol. The van der Waals surface area contributed by atoms with Crippen LogP contribution in [-0.4, -0.2) is 393 Å². The second-order valence-electron chi connectivity index (χ2n) is 24.2. The van der Waals surface area contributed by atoms with Gasteiger partial charge in [-0.15, -0.1) is 0 Å². The van der Waals surface area contributed by atoms with E-state index in [9.17, 15) is 126 Å². The van der Waals surface area contributed by atoms with Gasteiger partial charge < -0.3 is 170 Å². The number of nitrogens with one attached hydrogen (secondary N) is 4. The van der Waals surface area contributed by atoms with Crippen molar-refractivity contribution >= 4 is 48.2 Å². The van der Waals surface area contributed by atoms with E-state index in [1.54, 1.807) is 0 Å². The SMILES string of the molecule is CO[C@H](C(O)C(O)[C@@H](CCO)O[C@@H]1OC(CO)[C@H](O[C@@H]2OC(CO)[C@H](O)C(O[C@@H]3OC(CO)[C@H](O)C(O)C3O)C2NC(C)=O)C(O[C@]2(C(=O)O)CC(O)C(NC(C)=O)C(CC(CO)O[C@]3(C(=O)O)CC(O)[C@@H](NC(C)=O)C([C@H](O)[C@H](O)CO)O3)O2)C1O)N(C)OCCNC(=O)CCCS. The second kappa shape index (κ2) is 39.2. The second-order valence-corrected chi connectivity index (χ2v) is 24.7. The summed E-state index contributed by atoms with van der Waals surface area (Å²) in [5, 5.41) is 220. The zero-order valence-corrected chi connectivity index (χ0v) is 55.4. The van der Waals surface area contributed by atoms with Gasteiger partial charge in [-0.3, -0.25) is 24.0 Å². The van der Waals surface area contributed by atoms with Crippen LogP contribution in [0.5, 0.6) is 0 Å². The fourth-order valence-electron chi connectivity index (χ4n) is 12.0. The summed E-state index contributed by atoms with van der Waals surface area (Å²) in [5.74, 6) is -13.6. The van der Waals surface area contributed by atoms with Crippen molar-refractivity contribution in [3.8, 4) is 0 Å². The van der Waals surface area contributed by atoms with Crippen LogP contribution in [0.1, 0.15) is 59.3 Å². The molecule has 0 aromatic carbocycles. The van der Waals surface area contributed by atoms with Crippen molar-refractivity contribution in [2.24, 2.45) is 0 Å². The van der Waals surface area contributed by atoms with Crippen molar-refractivity contribution < 1.29 is 183 Å². The van der Waals surface area contributed by atoms with Gasteiger partial charge in [0.1, 0.15) is 104 Å². The third-order valence-corrected chi connectivity index (χ3v) is 17.3. The number of hydrogen-bond donors (Lipinski definition) is 24. The van der Waals surface area contributed by atoms with Crippen LogP contribution < -0.4 is 21.3 Å². The molecule has 5 fully saturated rings. The van der Waals surface area contributed by atoms with Gasteiger partial charge in [0, 0.05) is 73.8 Å². The molecule has 0 bridgehead atoms. The first-order valence-corrected chi connectivity index (χ1v) is 32.1. The number of thiol groups is 1. The monoisotopic (exact) mass is 1460 g/mol. The van der Waals surface area contributed by atoms with Gasteiger partial charge in [-0.05, 0) is 18.6 Å². The number of methoxy groups -OCH3 is 1. The van der Waals surface area contributed by atoms with Crippen LogP contribution in [-0.2, 0) is 85.7 Å². The van der Waals surface area contributed by atoms with E-state index in [4.69, 9.17) is 56.9 Å². The molecule has 99 heavy (non-hydrogen) atoms. The standard InChI is InChI=1S/C56H97N5O37S/c1-21(68)58-34-25(71)14-56(54(85)86,96-29(34)13-24(16-63)95-55(53(83)84)15-26(72)35(59-22(2)69)47(97-55)37(75)27(73)17-64)98-48-44(82)52(89-28(8-10-62)38(76)42(80)49(87-5)61(4)88-11-9-57-33(74)7-6-12-99)92-32(20-67)45(48)93-50-36(60-23(3)70)46(40(78)31(19-66)90-50)94-51-43(81)41(79)39(77)30(18-65)91-51/h24-32,34-52,62-67,71-73,75-82,99H,6-20H2,1-5H3,(H,57,74)(H,58,68)(H,59,69)(H,60,70)(H,83,84)(H,85,86)/t24?,25?,26?,27-,28-,29?,30?,31?,32?,34?,35-,36?,37-,38?,39+,40+,41?,42?,43?,44?,45+,46?,47?,48?,49-,50+,51+,52-,55-,56+/m1/s1. The number of aliphatic hydroxyl groups is 17. The van der Waals surface area contributed by atoms with Crippen molar-refractivity contribution in [3.63, 3.8) is 0 Å². The molecule has 5 aliphatic heterocycles. The largest absolute Gasteiger partial charge is 0.477 e. The molecule has 0 radical (unpaired) electrons. The van der Waals surface area contributed by atoms with E-state index in [-0.39, 0.29) is 25.5 Å². The maximum absolute atomic E-state index is 14.2. The first-order chi connectivity index (χ1) is 46.7. The third kappa shape index (κ3) is 21.6. The van der Waals surface area contributed by atoms with E-state index in [2.05, 4.69) is 33.9 Å². The number of likely N-dealkylation sites (N-methyl/N-ethyl adjacent to an activating group) is 1. The van der Waals surface area contributed by atoms with Crippen molar-refractivity contribution in [1.82, 2.24) is 26.3 Å². The van der Waals surface area contributed by atoms with E-state index in [1.807, 2.05) is 0 Å². The lowest BCUT2D eigenvalue weighted by Crippen LogP contribution is -2.71. The summed E-state index contributed by atoms with van der Waals surface area (Å²) in [4.78, 5) is 83.4. The Balaban J connectivity index is 1.63. The molecule has 0 aliphatic carbocycles. The number of aliphatic hydroxyl groups excluding tert-OH is 17. The van der Waals surface area contributed by atoms with Crippen LogP contribution in [0.4, 0.5) is 0 Å². The average Bonchev–Trinajstić information content (AvgIpc) is 0.746. The number of hydrogen-bond acceptors (Lipinski definition) is 37. The van der Waals surface area contributed by atoms with Crippen LogP contribution in [0.2, 0.25) is 0 Å². The quantitative estimate of drug-likeness (QED) is 0.0118. The van der Waals surface area contributed by atoms with Crippen molar-refractivity contribution in [3.05, 3.63) is 0 Å². The Morgan fingerprint density at radius 1 is 0.626 bits per heavy atom. The number of amides is 4. The van der Waals surface area contributed by atoms with Gasteiger partial charge in [-0.25, -0.2) is 9.59 Å². The van der Waals surface area contributed by atoms with Gasteiger partial charge in [0.15, 0.2) is 25.1 Å². The van der Waals surface area contributed by atoms with Gasteiger partial charge in [-0.2, -0.15) is 17.7 Å². The molecule has 42 nitrogen and oxygen atoms in total. The zero-order valence-electron chi connectivity index (χ0n) is 54.5. The Labute approximate surface area is 570 Å². The zero-order chi connectivity index (χ0) is 74.1. The lowest BCUT2D eigenvalue weighted by Gasteiger charge is -2.52. The lowest BCUT2D eigenvalue weighted by atomic mass is 9.87. The number of carboxylic acid groups (broad SMARTS) is 2. The molecule has 5 aliphatic rings. The molecule has 17 unspecified atom stereocenters. The first kappa shape index (κ1) is 85.6. The lowest BCUT2D eigenvalue weighted by molar-refractivity contribution is -0.395. The van der Waals surface area contributed by atoms with E-state index in [0.717, 1.165) is 32.9 Å². The summed E-state index contributed by atoms with van der Waals surface area (Å²) in [6.45, 7) is -4.22.